The molecule has 2 N–H and O–H groups in total. The first-order valence-corrected chi connectivity index (χ1v) is 5.10. The summed E-state index contributed by atoms with van der Waals surface area (Å²) in [5.74, 6) is 0.870. The number of rotatable bonds is 3. The van der Waals surface area contributed by atoms with Crippen LogP contribution in [0.5, 0.6) is 6.01 Å². The molecule has 1 heterocycles. The number of nitrogens with two attached hydrogens (primary N) is 1. The van der Waals surface area contributed by atoms with Crippen molar-refractivity contribution in [3.63, 3.8) is 0 Å². The Balaban J connectivity index is 3.12. The van der Waals surface area contributed by atoms with Gasteiger partial charge in [-0.15, -0.1) is 5.10 Å². The van der Waals surface area contributed by atoms with E-state index in [1.807, 2.05) is 11.5 Å². The number of hydrogen-bond acceptors (Lipinski definition) is 4. The molecule has 5 heteroatoms. The van der Waals surface area contributed by atoms with E-state index >= 15 is 0 Å². The fraction of sp³-hybridized carbons (Fsp3) is 0.800. The van der Waals surface area contributed by atoms with E-state index < -0.39 is 0 Å². The summed E-state index contributed by atoms with van der Waals surface area (Å²) in [5, 5.41) is 8.09. The lowest BCUT2D eigenvalue weighted by Gasteiger charge is -2.24. The molecule has 0 bridgehead atoms. The van der Waals surface area contributed by atoms with Gasteiger partial charge in [0, 0.05) is 18.0 Å². The third-order valence-electron chi connectivity index (χ3n) is 2.06. The molecule has 1 rings (SSSR count). The minimum absolute atomic E-state index is 0.0695. The van der Waals surface area contributed by atoms with Gasteiger partial charge in [0.1, 0.15) is 5.82 Å². The summed E-state index contributed by atoms with van der Waals surface area (Å²) in [7, 11) is 1.60. The molecule has 0 aliphatic rings. The average Bonchev–Trinajstić information content (AvgIpc) is 2.45. The predicted octanol–water partition coefficient (Wildman–Crippen LogP) is 0.931. The molecule has 0 saturated carbocycles. The lowest BCUT2D eigenvalue weighted by Crippen LogP contribution is -2.28. The van der Waals surface area contributed by atoms with Crippen LogP contribution in [-0.2, 0) is 12.0 Å². The van der Waals surface area contributed by atoms with Crippen LogP contribution in [0.3, 0.4) is 0 Å². The summed E-state index contributed by atoms with van der Waals surface area (Å²) < 4.78 is 7.17. The van der Waals surface area contributed by atoms with E-state index in [9.17, 15) is 0 Å². The average molecular weight is 212 g/mol. The zero-order valence-electron chi connectivity index (χ0n) is 10.1. The zero-order chi connectivity index (χ0) is 11.6. The van der Waals surface area contributed by atoms with Crippen molar-refractivity contribution < 1.29 is 4.74 Å². The van der Waals surface area contributed by atoms with Gasteiger partial charge in [-0.25, -0.2) is 0 Å². The van der Waals surface area contributed by atoms with Crippen LogP contribution in [0.15, 0.2) is 0 Å². The van der Waals surface area contributed by atoms with Crippen LogP contribution in [0.2, 0.25) is 0 Å². The molecule has 0 radical (unpaired) electrons. The molecule has 0 amide bonds. The first-order valence-electron chi connectivity index (χ1n) is 5.10. The maximum atomic E-state index is 5.77. The van der Waals surface area contributed by atoms with Gasteiger partial charge in [-0.3, -0.25) is 4.57 Å². The van der Waals surface area contributed by atoms with Crippen molar-refractivity contribution >= 4 is 0 Å². The van der Waals surface area contributed by atoms with Crippen molar-refractivity contribution in [1.29, 1.82) is 0 Å². The van der Waals surface area contributed by atoms with Gasteiger partial charge in [-0.2, -0.15) is 0 Å². The Hall–Kier alpha value is -1.10. The summed E-state index contributed by atoms with van der Waals surface area (Å²) >= 11 is 0. The van der Waals surface area contributed by atoms with Crippen molar-refractivity contribution in [2.45, 2.75) is 45.7 Å². The standard InChI is InChI=1S/C10H20N4O/c1-7(11)6-8-12-13-9(15-5)14(8)10(2,3)4/h7H,6,11H2,1-5H3. The molecule has 0 saturated heterocycles. The number of ether oxygens (including phenoxy) is 1. The molecule has 0 fully saturated rings. The van der Waals surface area contributed by atoms with Crippen LogP contribution >= 0.6 is 0 Å². The highest BCUT2D eigenvalue weighted by molar-refractivity contribution is 5.06. The minimum atomic E-state index is -0.0981. The van der Waals surface area contributed by atoms with Crippen molar-refractivity contribution in [3.8, 4) is 6.01 Å². The van der Waals surface area contributed by atoms with Crippen molar-refractivity contribution in [2.24, 2.45) is 5.73 Å². The molecule has 86 valence electrons. The van der Waals surface area contributed by atoms with Crippen LogP contribution in [-0.4, -0.2) is 27.9 Å². The molecule has 0 aromatic carbocycles. The number of nitrogens with zero attached hydrogens (tertiary/aromatic N) is 3. The number of aromatic nitrogens is 3. The lowest BCUT2D eigenvalue weighted by atomic mass is 10.1. The highest BCUT2D eigenvalue weighted by Crippen LogP contribution is 2.23. The maximum absolute atomic E-state index is 5.77. The summed E-state index contributed by atoms with van der Waals surface area (Å²) in [6.45, 7) is 8.21. The van der Waals surface area contributed by atoms with Gasteiger partial charge in [0.15, 0.2) is 0 Å². The van der Waals surface area contributed by atoms with E-state index in [0.717, 1.165) is 5.82 Å². The highest BCUT2D eigenvalue weighted by Gasteiger charge is 2.23. The second kappa shape index (κ2) is 4.18. The van der Waals surface area contributed by atoms with Gasteiger partial charge >= 0.3 is 6.01 Å². The van der Waals surface area contributed by atoms with Crippen LogP contribution < -0.4 is 10.5 Å². The fourth-order valence-electron chi connectivity index (χ4n) is 1.53. The summed E-state index contributed by atoms with van der Waals surface area (Å²) in [6.07, 6.45) is 0.702. The zero-order valence-corrected chi connectivity index (χ0v) is 10.1. The van der Waals surface area contributed by atoms with Crippen LogP contribution in [0.25, 0.3) is 0 Å². The first kappa shape index (κ1) is 12.0. The summed E-state index contributed by atoms with van der Waals surface area (Å²) in [5.41, 5.74) is 5.67. The third-order valence-corrected chi connectivity index (χ3v) is 2.06. The molecule has 1 aromatic rings. The largest absolute Gasteiger partial charge is 0.467 e. The monoisotopic (exact) mass is 212 g/mol. The molecule has 0 aliphatic carbocycles. The topological polar surface area (TPSA) is 66.0 Å². The van der Waals surface area contributed by atoms with Crippen molar-refractivity contribution in [3.05, 3.63) is 5.82 Å². The Kier molecular flexibility index (Phi) is 3.34. The molecule has 0 aliphatic heterocycles. The Morgan fingerprint density at radius 1 is 1.40 bits per heavy atom. The maximum Gasteiger partial charge on any atom is 0.317 e. The SMILES string of the molecule is COc1nnc(CC(C)N)n1C(C)(C)C. The Morgan fingerprint density at radius 3 is 2.40 bits per heavy atom. The van der Waals surface area contributed by atoms with Gasteiger partial charge in [0.05, 0.1) is 7.11 Å². The first-order chi connectivity index (χ1) is 6.86. The molecule has 1 aromatic heterocycles. The van der Waals surface area contributed by atoms with Gasteiger partial charge in [0.2, 0.25) is 0 Å². The van der Waals surface area contributed by atoms with E-state index in [0.29, 0.717) is 12.4 Å². The summed E-state index contributed by atoms with van der Waals surface area (Å²) in [4.78, 5) is 0. The van der Waals surface area contributed by atoms with Crippen molar-refractivity contribution in [1.82, 2.24) is 14.8 Å². The van der Waals surface area contributed by atoms with E-state index in [1.54, 1.807) is 7.11 Å². The van der Waals surface area contributed by atoms with Gasteiger partial charge in [0.25, 0.3) is 0 Å². The van der Waals surface area contributed by atoms with Crippen LogP contribution in [0.4, 0.5) is 0 Å². The van der Waals surface area contributed by atoms with Crippen LogP contribution in [0.1, 0.15) is 33.5 Å². The third kappa shape index (κ3) is 2.68. The van der Waals surface area contributed by atoms with Gasteiger partial charge in [-0.1, -0.05) is 5.10 Å². The Morgan fingerprint density at radius 2 is 2.00 bits per heavy atom. The van der Waals surface area contributed by atoms with E-state index in [-0.39, 0.29) is 11.6 Å². The number of hydrogen-bond donors (Lipinski definition) is 1. The molecular formula is C10H20N4O. The molecule has 1 atom stereocenters. The Labute approximate surface area is 90.6 Å². The van der Waals surface area contributed by atoms with E-state index in [2.05, 4.69) is 31.0 Å². The fourth-order valence-corrected chi connectivity index (χ4v) is 1.53. The summed E-state index contributed by atoms with van der Waals surface area (Å²) in [6, 6.07) is 0.609. The van der Waals surface area contributed by atoms with Crippen molar-refractivity contribution in [2.75, 3.05) is 7.11 Å². The Bertz CT molecular complexity index is 325. The molecular weight excluding hydrogens is 192 g/mol. The molecule has 1 unspecified atom stereocenters. The molecule has 5 nitrogen and oxygen atoms in total. The molecule has 0 spiro atoms. The van der Waals surface area contributed by atoms with Gasteiger partial charge < -0.3 is 10.5 Å². The van der Waals surface area contributed by atoms with Gasteiger partial charge in [-0.05, 0) is 27.7 Å². The normalized spacial score (nSPS) is 14.0. The molecule has 15 heavy (non-hydrogen) atoms. The second-order valence-corrected chi connectivity index (χ2v) is 4.79. The smallest absolute Gasteiger partial charge is 0.317 e. The number of methoxy groups -OCH3 is 1. The van der Waals surface area contributed by atoms with Crippen LogP contribution in [0, 0.1) is 0 Å². The predicted molar refractivity (Wildman–Crippen MR) is 58.9 cm³/mol. The van der Waals surface area contributed by atoms with E-state index in [4.69, 9.17) is 10.5 Å². The quantitative estimate of drug-likeness (QED) is 0.809. The second-order valence-electron chi connectivity index (χ2n) is 4.79. The highest BCUT2D eigenvalue weighted by atomic mass is 16.5. The lowest BCUT2D eigenvalue weighted by molar-refractivity contribution is 0.292. The minimum Gasteiger partial charge on any atom is -0.467 e. The van der Waals surface area contributed by atoms with E-state index in [1.165, 1.54) is 0 Å².